The van der Waals surface area contributed by atoms with E-state index in [1.807, 2.05) is 0 Å². The first-order chi connectivity index (χ1) is 11.3. The van der Waals surface area contributed by atoms with Crippen molar-refractivity contribution in [2.45, 2.75) is 16.7 Å². The molecule has 1 aromatic carbocycles. The van der Waals surface area contributed by atoms with E-state index in [4.69, 9.17) is 4.74 Å². The highest BCUT2D eigenvalue weighted by atomic mass is 32.2. The molecule has 0 amide bonds. The molecule has 0 fully saturated rings. The Labute approximate surface area is 138 Å². The summed E-state index contributed by atoms with van der Waals surface area (Å²) in [6.07, 6.45) is 2.65. The van der Waals surface area contributed by atoms with Gasteiger partial charge in [-0.25, -0.2) is 8.42 Å². The van der Waals surface area contributed by atoms with Crippen molar-refractivity contribution in [3.05, 3.63) is 36.7 Å². The van der Waals surface area contributed by atoms with Crippen LogP contribution in [0.2, 0.25) is 0 Å². The zero-order valence-corrected chi connectivity index (χ0v) is 14.0. The Kier molecular flexibility index (Phi) is 3.00. The second-order valence-corrected chi connectivity index (χ2v) is 9.01. The first kappa shape index (κ1) is 15.1. The predicted molar refractivity (Wildman–Crippen MR) is 85.8 cm³/mol. The number of pyridine rings is 1. The summed E-state index contributed by atoms with van der Waals surface area (Å²) in [7, 11) is -7.33. The minimum atomic E-state index is -3.92. The van der Waals surface area contributed by atoms with Crippen molar-refractivity contribution in [2.75, 3.05) is 10.7 Å². The highest BCUT2D eigenvalue weighted by Gasteiger charge is 2.39. The van der Waals surface area contributed by atoms with E-state index in [1.165, 1.54) is 41.6 Å². The Morgan fingerprint density at radius 3 is 2.75 bits per heavy atom. The molecule has 0 unspecified atom stereocenters. The maximum atomic E-state index is 12.2. The van der Waals surface area contributed by atoms with Crippen LogP contribution in [0.25, 0.3) is 0 Å². The van der Waals surface area contributed by atoms with Crippen LogP contribution in [-0.4, -0.2) is 33.6 Å². The topological polar surface area (TPSA) is 106 Å². The van der Waals surface area contributed by atoms with Crippen LogP contribution in [0.5, 0.6) is 5.75 Å². The van der Waals surface area contributed by atoms with Crippen molar-refractivity contribution in [1.82, 2.24) is 4.98 Å². The van der Waals surface area contributed by atoms with E-state index in [9.17, 15) is 16.8 Å². The maximum absolute atomic E-state index is 12.2. The van der Waals surface area contributed by atoms with Gasteiger partial charge in [0.05, 0.1) is 22.0 Å². The van der Waals surface area contributed by atoms with E-state index in [1.54, 1.807) is 6.92 Å². The molecule has 0 saturated carbocycles. The third kappa shape index (κ3) is 2.03. The van der Waals surface area contributed by atoms with Crippen molar-refractivity contribution in [3.63, 3.8) is 0 Å². The van der Waals surface area contributed by atoms with Gasteiger partial charge in [0.25, 0.3) is 10.0 Å². The minimum absolute atomic E-state index is 0.0392. The lowest BCUT2D eigenvalue weighted by atomic mass is 10.2. The Morgan fingerprint density at radius 2 is 2.00 bits per heavy atom. The van der Waals surface area contributed by atoms with E-state index in [0.29, 0.717) is 17.1 Å². The molecule has 124 valence electrons. The van der Waals surface area contributed by atoms with Crippen LogP contribution in [0.3, 0.4) is 0 Å². The fourth-order valence-electron chi connectivity index (χ4n) is 2.57. The van der Waals surface area contributed by atoms with E-state index in [2.05, 4.69) is 9.38 Å². The lowest BCUT2D eigenvalue weighted by Crippen LogP contribution is -2.30. The summed E-state index contributed by atoms with van der Waals surface area (Å²) in [6, 6.07) is 5.76. The molecule has 2 aromatic rings. The van der Waals surface area contributed by atoms with Crippen LogP contribution in [0.1, 0.15) is 6.92 Å². The van der Waals surface area contributed by atoms with Gasteiger partial charge in [-0.1, -0.05) is 6.92 Å². The largest absolute Gasteiger partial charge is 0.422 e. The lowest BCUT2D eigenvalue weighted by molar-refractivity contribution is 0.559. The molecule has 0 radical (unpaired) electrons. The second-order valence-electron chi connectivity index (χ2n) is 5.16. The summed E-state index contributed by atoms with van der Waals surface area (Å²) in [5, 5.41) is 0. The molecule has 4 rings (SSSR count). The molecular weight excluding hydrogens is 354 g/mol. The number of ether oxygens (including phenoxy) is 1. The number of sulfonamides is 1. The van der Waals surface area contributed by atoms with E-state index in [-0.39, 0.29) is 21.6 Å². The standard InChI is InChI=1S/C14H11N3O5S2/c1-2-23(18,19)9-3-4-12-11(7-9)17-10-5-6-15-8-13(10)24(20,21)16-14(17)22-12/h3-8H,2H2,1H3. The highest BCUT2D eigenvalue weighted by molar-refractivity contribution is 7.91. The van der Waals surface area contributed by atoms with Gasteiger partial charge in [0, 0.05) is 12.4 Å². The smallest absolute Gasteiger partial charge is 0.318 e. The maximum Gasteiger partial charge on any atom is 0.318 e. The summed E-state index contributed by atoms with van der Waals surface area (Å²) in [6.45, 7) is 1.56. The summed E-state index contributed by atoms with van der Waals surface area (Å²) in [5.74, 6) is 0.298. The lowest BCUT2D eigenvalue weighted by Gasteiger charge is -2.22. The fourth-order valence-corrected chi connectivity index (χ4v) is 4.51. The first-order valence-electron chi connectivity index (χ1n) is 6.97. The Balaban J connectivity index is 1.97. The molecule has 2 aliphatic heterocycles. The van der Waals surface area contributed by atoms with Crippen molar-refractivity contribution in [1.29, 1.82) is 0 Å². The number of sulfone groups is 1. The minimum Gasteiger partial charge on any atom is -0.422 e. The Morgan fingerprint density at radius 1 is 1.21 bits per heavy atom. The second kappa shape index (κ2) is 4.77. The van der Waals surface area contributed by atoms with Gasteiger partial charge in [-0.2, -0.15) is 8.42 Å². The van der Waals surface area contributed by atoms with Gasteiger partial charge in [-0.3, -0.25) is 9.88 Å². The zero-order chi connectivity index (χ0) is 17.1. The number of nitrogens with zero attached hydrogens (tertiary/aromatic N) is 3. The van der Waals surface area contributed by atoms with Crippen molar-refractivity contribution >= 4 is 37.3 Å². The molecule has 3 heterocycles. The van der Waals surface area contributed by atoms with Crippen molar-refractivity contribution in [2.24, 2.45) is 4.40 Å². The molecule has 0 atom stereocenters. The third-order valence-corrected chi connectivity index (χ3v) is 6.78. The molecule has 10 heteroatoms. The number of aromatic nitrogens is 1. The molecule has 2 aliphatic rings. The first-order valence-corrected chi connectivity index (χ1v) is 10.1. The average molecular weight is 365 g/mol. The molecule has 0 saturated heterocycles. The predicted octanol–water partition coefficient (Wildman–Crippen LogP) is 1.46. The normalized spacial score (nSPS) is 17.4. The molecule has 24 heavy (non-hydrogen) atoms. The van der Waals surface area contributed by atoms with Crippen LogP contribution < -0.4 is 9.64 Å². The number of hydrogen-bond donors (Lipinski definition) is 0. The van der Waals surface area contributed by atoms with Gasteiger partial charge < -0.3 is 4.74 Å². The number of fused-ring (bicyclic) bond motifs is 5. The summed E-state index contributed by atoms with van der Waals surface area (Å²) in [4.78, 5) is 5.37. The number of benzene rings is 1. The van der Waals surface area contributed by atoms with Crippen molar-refractivity contribution in [3.8, 4) is 5.75 Å². The number of amidine groups is 1. The molecule has 0 N–H and O–H groups in total. The van der Waals surface area contributed by atoms with Gasteiger partial charge in [0.15, 0.2) is 15.6 Å². The van der Waals surface area contributed by atoms with Gasteiger partial charge in [0.2, 0.25) is 0 Å². The van der Waals surface area contributed by atoms with E-state index in [0.717, 1.165) is 0 Å². The SMILES string of the molecule is CCS(=O)(=O)c1ccc2c(c1)N1C(=NS(=O)(=O)c3cnccc31)O2. The highest BCUT2D eigenvalue weighted by Crippen LogP contribution is 2.45. The summed E-state index contributed by atoms with van der Waals surface area (Å²) >= 11 is 0. The summed E-state index contributed by atoms with van der Waals surface area (Å²) < 4.78 is 57.8. The number of rotatable bonds is 2. The molecule has 1 aromatic heterocycles. The van der Waals surface area contributed by atoms with Crippen LogP contribution in [-0.2, 0) is 19.9 Å². The molecule has 8 nitrogen and oxygen atoms in total. The molecular formula is C14H11N3O5S2. The molecule has 0 aliphatic carbocycles. The quantitative estimate of drug-likeness (QED) is 0.793. The summed E-state index contributed by atoms with van der Waals surface area (Å²) in [5.41, 5.74) is 0.741. The van der Waals surface area contributed by atoms with Crippen LogP contribution in [0, 0.1) is 0 Å². The third-order valence-electron chi connectivity index (χ3n) is 3.78. The average Bonchev–Trinajstić information content (AvgIpc) is 2.91. The Hall–Kier alpha value is -2.46. The Bertz CT molecular complexity index is 1110. The van der Waals surface area contributed by atoms with E-state index >= 15 is 0 Å². The monoisotopic (exact) mass is 365 g/mol. The molecule has 0 bridgehead atoms. The number of hydrogen-bond acceptors (Lipinski definition) is 7. The van der Waals surface area contributed by atoms with Crippen LogP contribution in [0.15, 0.2) is 50.8 Å². The van der Waals surface area contributed by atoms with Crippen LogP contribution in [0.4, 0.5) is 11.4 Å². The fraction of sp³-hybridized carbons (Fsp3) is 0.143. The van der Waals surface area contributed by atoms with Crippen LogP contribution >= 0.6 is 0 Å². The van der Waals surface area contributed by atoms with E-state index < -0.39 is 19.9 Å². The van der Waals surface area contributed by atoms with Gasteiger partial charge in [-0.05, 0) is 24.3 Å². The number of anilines is 2. The molecule has 0 spiro atoms. The van der Waals surface area contributed by atoms with Gasteiger partial charge in [-0.15, -0.1) is 4.40 Å². The van der Waals surface area contributed by atoms with Crippen molar-refractivity contribution < 1.29 is 21.6 Å². The van der Waals surface area contributed by atoms with Gasteiger partial charge >= 0.3 is 6.02 Å². The zero-order valence-electron chi connectivity index (χ0n) is 12.4. The van der Waals surface area contributed by atoms with Gasteiger partial charge in [0.1, 0.15) is 4.90 Å².